The van der Waals surface area contributed by atoms with Gasteiger partial charge in [0.25, 0.3) is 0 Å². The molecule has 4 N–H and O–H groups in total. The fraction of sp³-hybridized carbons (Fsp3) is 0.111. The molecule has 116 valence electrons. The van der Waals surface area contributed by atoms with Gasteiger partial charge in [-0.2, -0.15) is 0 Å². The van der Waals surface area contributed by atoms with Crippen LogP contribution in [0.5, 0.6) is 5.75 Å². The first kappa shape index (κ1) is 15.0. The second kappa shape index (κ2) is 6.89. The molecule has 0 aliphatic heterocycles. The highest BCUT2D eigenvalue weighted by Crippen LogP contribution is 2.29. The average Bonchev–Trinajstić information content (AvgIpc) is 2.60. The van der Waals surface area contributed by atoms with Crippen LogP contribution in [0.3, 0.4) is 0 Å². The van der Waals surface area contributed by atoms with Crippen LogP contribution in [0.25, 0.3) is 22.6 Å². The zero-order valence-electron chi connectivity index (χ0n) is 12.6. The van der Waals surface area contributed by atoms with Crippen molar-refractivity contribution in [2.75, 3.05) is 18.4 Å². The van der Waals surface area contributed by atoms with Crippen molar-refractivity contribution in [1.29, 1.82) is 0 Å². The molecule has 1 aromatic heterocycles. The summed E-state index contributed by atoms with van der Waals surface area (Å²) in [5.74, 6) is 0.842. The molecule has 0 radical (unpaired) electrons. The molecule has 0 amide bonds. The number of rotatable bonds is 5. The molecule has 0 atom stereocenters. The van der Waals surface area contributed by atoms with Gasteiger partial charge in [0.2, 0.25) is 0 Å². The number of aromatic nitrogens is 2. The molecule has 0 aliphatic rings. The molecular formula is C18H18N4O. The molecule has 0 unspecified atom stereocenters. The van der Waals surface area contributed by atoms with Gasteiger partial charge >= 0.3 is 0 Å². The minimum atomic E-state index is 0.201. The Morgan fingerprint density at radius 1 is 1.00 bits per heavy atom. The topological polar surface area (TPSA) is 84.1 Å². The van der Waals surface area contributed by atoms with Gasteiger partial charge in [0.1, 0.15) is 5.75 Å². The van der Waals surface area contributed by atoms with Gasteiger partial charge in [-0.1, -0.05) is 42.5 Å². The summed E-state index contributed by atoms with van der Waals surface area (Å²) in [5, 5.41) is 13.0. The van der Waals surface area contributed by atoms with Crippen molar-refractivity contribution in [3.8, 4) is 28.4 Å². The largest absolute Gasteiger partial charge is 0.508 e. The van der Waals surface area contributed by atoms with Crippen molar-refractivity contribution in [1.82, 2.24) is 9.97 Å². The van der Waals surface area contributed by atoms with E-state index in [-0.39, 0.29) is 5.75 Å². The highest BCUT2D eigenvalue weighted by molar-refractivity contribution is 5.76. The van der Waals surface area contributed by atoms with Crippen LogP contribution in [0.4, 0.5) is 5.69 Å². The van der Waals surface area contributed by atoms with E-state index in [2.05, 4.69) is 15.3 Å². The predicted octanol–water partition coefficient (Wildman–Crippen LogP) is 2.89. The lowest BCUT2D eigenvalue weighted by atomic mass is 10.1. The van der Waals surface area contributed by atoms with Crippen molar-refractivity contribution < 1.29 is 5.11 Å². The molecule has 5 heteroatoms. The fourth-order valence-electron chi connectivity index (χ4n) is 2.32. The molecule has 3 aromatic rings. The van der Waals surface area contributed by atoms with Crippen molar-refractivity contribution in [3.63, 3.8) is 0 Å². The van der Waals surface area contributed by atoms with Crippen LogP contribution in [-0.2, 0) is 0 Å². The summed E-state index contributed by atoms with van der Waals surface area (Å²) in [6, 6.07) is 16.8. The Balaban J connectivity index is 2.09. The lowest BCUT2D eigenvalue weighted by molar-refractivity contribution is 0.475. The lowest BCUT2D eigenvalue weighted by Gasteiger charge is -2.12. The quantitative estimate of drug-likeness (QED) is 0.675. The second-order valence-corrected chi connectivity index (χ2v) is 5.09. The third-order valence-electron chi connectivity index (χ3n) is 3.40. The molecule has 0 spiro atoms. The summed E-state index contributed by atoms with van der Waals surface area (Å²) in [7, 11) is 0. The van der Waals surface area contributed by atoms with Gasteiger partial charge in [0.15, 0.2) is 5.82 Å². The molecule has 0 aliphatic carbocycles. The number of nitrogens with two attached hydrogens (primary N) is 1. The van der Waals surface area contributed by atoms with Crippen molar-refractivity contribution in [2.45, 2.75) is 0 Å². The number of nitrogens with one attached hydrogen (secondary N) is 1. The van der Waals surface area contributed by atoms with E-state index >= 15 is 0 Å². The van der Waals surface area contributed by atoms with Crippen LogP contribution >= 0.6 is 0 Å². The van der Waals surface area contributed by atoms with Crippen LogP contribution in [0.2, 0.25) is 0 Å². The first-order chi connectivity index (χ1) is 11.3. The maximum absolute atomic E-state index is 9.74. The van der Waals surface area contributed by atoms with E-state index in [9.17, 15) is 5.11 Å². The molecule has 1 heterocycles. The Morgan fingerprint density at radius 2 is 1.78 bits per heavy atom. The summed E-state index contributed by atoms with van der Waals surface area (Å²) in [4.78, 5) is 9.12. The second-order valence-electron chi connectivity index (χ2n) is 5.09. The summed E-state index contributed by atoms with van der Waals surface area (Å²) in [5.41, 5.74) is 8.87. The highest BCUT2D eigenvalue weighted by Gasteiger charge is 2.11. The predicted molar refractivity (Wildman–Crippen MR) is 92.1 cm³/mol. The smallest absolute Gasteiger partial charge is 0.159 e. The van der Waals surface area contributed by atoms with Gasteiger partial charge in [-0.05, 0) is 12.1 Å². The number of hydrogen-bond donors (Lipinski definition) is 3. The molecule has 0 saturated carbocycles. The van der Waals surface area contributed by atoms with E-state index in [1.807, 2.05) is 36.4 Å². The Hall–Kier alpha value is -2.92. The Bertz CT molecular complexity index is 790. The SMILES string of the molecule is NCCNc1cnc(-c2ccccc2)nc1-c1cccc(O)c1. The van der Waals surface area contributed by atoms with E-state index in [0.29, 0.717) is 18.9 Å². The van der Waals surface area contributed by atoms with E-state index in [1.54, 1.807) is 24.4 Å². The maximum atomic E-state index is 9.74. The monoisotopic (exact) mass is 306 g/mol. The standard InChI is InChI=1S/C18H18N4O/c19-9-10-20-16-12-21-18(13-5-2-1-3-6-13)22-17(16)14-7-4-8-15(23)11-14/h1-8,11-12,20,23H,9-10,19H2. The number of phenolic OH excluding ortho intramolecular Hbond substituents is 1. The van der Waals surface area contributed by atoms with Crippen LogP contribution in [-0.4, -0.2) is 28.2 Å². The summed E-state index contributed by atoms with van der Waals surface area (Å²) in [6.45, 7) is 1.14. The van der Waals surface area contributed by atoms with Gasteiger partial charge in [-0.15, -0.1) is 0 Å². The van der Waals surface area contributed by atoms with Gasteiger partial charge in [0.05, 0.1) is 17.6 Å². The van der Waals surface area contributed by atoms with Crippen molar-refractivity contribution in [2.24, 2.45) is 5.73 Å². The highest BCUT2D eigenvalue weighted by atomic mass is 16.3. The molecule has 0 saturated heterocycles. The number of anilines is 1. The first-order valence-corrected chi connectivity index (χ1v) is 7.44. The summed E-state index contributed by atoms with van der Waals surface area (Å²) in [6.07, 6.45) is 1.75. The van der Waals surface area contributed by atoms with E-state index in [1.165, 1.54) is 0 Å². The van der Waals surface area contributed by atoms with Crippen LogP contribution in [0.15, 0.2) is 60.8 Å². The van der Waals surface area contributed by atoms with Crippen molar-refractivity contribution in [3.05, 3.63) is 60.8 Å². The zero-order chi connectivity index (χ0) is 16.1. The van der Waals surface area contributed by atoms with E-state index < -0.39 is 0 Å². The number of aromatic hydroxyl groups is 1. The van der Waals surface area contributed by atoms with Crippen LogP contribution in [0.1, 0.15) is 0 Å². The molecule has 5 nitrogen and oxygen atoms in total. The molecule has 0 fully saturated rings. The van der Waals surface area contributed by atoms with Crippen molar-refractivity contribution >= 4 is 5.69 Å². The normalized spacial score (nSPS) is 10.5. The molecular weight excluding hydrogens is 288 g/mol. The fourth-order valence-corrected chi connectivity index (χ4v) is 2.32. The number of nitrogens with zero attached hydrogens (tertiary/aromatic N) is 2. The van der Waals surface area contributed by atoms with E-state index in [0.717, 1.165) is 22.5 Å². The van der Waals surface area contributed by atoms with Gasteiger partial charge in [0, 0.05) is 24.2 Å². The van der Waals surface area contributed by atoms with Crippen LogP contribution in [0, 0.1) is 0 Å². The Morgan fingerprint density at radius 3 is 2.52 bits per heavy atom. The number of phenols is 1. The van der Waals surface area contributed by atoms with Gasteiger partial charge in [-0.3, -0.25) is 0 Å². The number of benzene rings is 2. The molecule has 0 bridgehead atoms. The van der Waals surface area contributed by atoms with Gasteiger partial charge in [-0.25, -0.2) is 9.97 Å². The Kier molecular flexibility index (Phi) is 4.49. The zero-order valence-corrected chi connectivity index (χ0v) is 12.6. The van der Waals surface area contributed by atoms with Crippen LogP contribution < -0.4 is 11.1 Å². The summed E-state index contributed by atoms with van der Waals surface area (Å²) < 4.78 is 0. The third-order valence-corrected chi connectivity index (χ3v) is 3.40. The van der Waals surface area contributed by atoms with Gasteiger partial charge < -0.3 is 16.2 Å². The minimum Gasteiger partial charge on any atom is -0.508 e. The maximum Gasteiger partial charge on any atom is 0.159 e. The first-order valence-electron chi connectivity index (χ1n) is 7.44. The average molecular weight is 306 g/mol. The lowest BCUT2D eigenvalue weighted by Crippen LogP contribution is -2.14. The molecule has 23 heavy (non-hydrogen) atoms. The molecule has 3 rings (SSSR count). The minimum absolute atomic E-state index is 0.201. The summed E-state index contributed by atoms with van der Waals surface area (Å²) >= 11 is 0. The van der Waals surface area contributed by atoms with E-state index in [4.69, 9.17) is 5.73 Å². The number of hydrogen-bond acceptors (Lipinski definition) is 5. The molecule has 2 aromatic carbocycles. The third kappa shape index (κ3) is 3.46. The Labute approximate surface area is 134 Å².